The van der Waals surface area contributed by atoms with Crippen LogP contribution in [0.5, 0.6) is 28.7 Å². The number of rotatable bonds is 6. The van der Waals surface area contributed by atoms with E-state index < -0.39 is 17.7 Å². The monoisotopic (exact) mass is 326 g/mol. The summed E-state index contributed by atoms with van der Waals surface area (Å²) in [7, 11) is 3.87. The molecular weight excluding hydrogens is 308 g/mol. The van der Waals surface area contributed by atoms with E-state index in [0.29, 0.717) is 0 Å². The predicted octanol–water partition coefficient (Wildman–Crippen LogP) is 1.77. The number of carbonyl (C=O) groups is 3. The number of hydrogen-bond donors (Lipinski definition) is 0. The summed E-state index contributed by atoms with van der Waals surface area (Å²) in [5, 5.41) is 0. The molecule has 8 heteroatoms. The molecule has 0 fully saturated rings. The Kier molecular flexibility index (Phi) is 5.94. The number of ether oxygens (including phenoxy) is 5. The minimum absolute atomic E-state index is 0.0272. The standard InChI is InChI=1S/C15H18O8/c1-7(16)10-11(19-4)13(20-5)15(23-9(3)18)14(21-6)12(10)22-8(2)17/h1-6H3. The Bertz CT molecular complexity index is 648. The normalized spacial score (nSPS) is 9.83. The Balaban J connectivity index is 3.93. The van der Waals surface area contributed by atoms with Gasteiger partial charge in [-0.3, -0.25) is 14.4 Å². The average Bonchev–Trinajstić information content (AvgIpc) is 2.45. The van der Waals surface area contributed by atoms with Crippen molar-refractivity contribution in [1.29, 1.82) is 0 Å². The first-order valence-electron chi connectivity index (χ1n) is 6.52. The third-order valence-electron chi connectivity index (χ3n) is 2.74. The lowest BCUT2D eigenvalue weighted by Crippen LogP contribution is -2.13. The van der Waals surface area contributed by atoms with Gasteiger partial charge in [0.05, 0.1) is 21.3 Å². The van der Waals surface area contributed by atoms with Gasteiger partial charge in [-0.05, 0) is 6.92 Å². The van der Waals surface area contributed by atoms with Gasteiger partial charge in [-0.15, -0.1) is 0 Å². The Morgan fingerprint density at radius 3 is 1.35 bits per heavy atom. The maximum Gasteiger partial charge on any atom is 0.308 e. The molecule has 0 atom stereocenters. The highest BCUT2D eigenvalue weighted by molar-refractivity contribution is 6.03. The quantitative estimate of drug-likeness (QED) is 0.443. The molecule has 1 aromatic carbocycles. The molecule has 126 valence electrons. The number of ketones is 1. The van der Waals surface area contributed by atoms with Crippen molar-refractivity contribution in [3.8, 4) is 28.7 Å². The van der Waals surface area contributed by atoms with Crippen molar-refractivity contribution < 1.29 is 38.1 Å². The number of carbonyl (C=O) groups excluding carboxylic acids is 3. The summed E-state index contributed by atoms with van der Waals surface area (Å²) in [6.45, 7) is 3.59. The van der Waals surface area contributed by atoms with Gasteiger partial charge >= 0.3 is 11.9 Å². The van der Waals surface area contributed by atoms with Crippen LogP contribution in [0.15, 0.2) is 0 Å². The first kappa shape index (κ1) is 18.3. The van der Waals surface area contributed by atoms with Crippen LogP contribution in [0.4, 0.5) is 0 Å². The molecule has 0 unspecified atom stereocenters. The SMILES string of the molecule is COc1c(OC(C)=O)c(OC)c(OC(C)=O)c(C(C)=O)c1OC. The Hall–Kier alpha value is -2.77. The van der Waals surface area contributed by atoms with Gasteiger partial charge in [0, 0.05) is 13.8 Å². The highest BCUT2D eigenvalue weighted by atomic mass is 16.6. The van der Waals surface area contributed by atoms with Crippen molar-refractivity contribution in [2.45, 2.75) is 20.8 Å². The smallest absolute Gasteiger partial charge is 0.308 e. The third-order valence-corrected chi connectivity index (χ3v) is 2.74. The minimum Gasteiger partial charge on any atom is -0.492 e. The second-order valence-corrected chi connectivity index (χ2v) is 4.38. The highest BCUT2D eigenvalue weighted by Crippen LogP contribution is 2.53. The highest BCUT2D eigenvalue weighted by Gasteiger charge is 2.32. The molecule has 0 aromatic heterocycles. The van der Waals surface area contributed by atoms with Crippen molar-refractivity contribution >= 4 is 17.7 Å². The minimum atomic E-state index is -0.688. The van der Waals surface area contributed by atoms with Crippen molar-refractivity contribution in [2.75, 3.05) is 21.3 Å². The second kappa shape index (κ2) is 7.48. The lowest BCUT2D eigenvalue weighted by molar-refractivity contribution is -0.132. The van der Waals surface area contributed by atoms with Crippen LogP contribution in [-0.2, 0) is 9.59 Å². The summed E-state index contributed by atoms with van der Waals surface area (Å²) in [5.41, 5.74) is -0.0627. The number of esters is 2. The third kappa shape index (κ3) is 3.71. The molecule has 0 aliphatic carbocycles. The molecule has 0 aliphatic rings. The van der Waals surface area contributed by atoms with Crippen LogP contribution in [0.2, 0.25) is 0 Å². The van der Waals surface area contributed by atoms with E-state index in [9.17, 15) is 14.4 Å². The van der Waals surface area contributed by atoms with E-state index in [4.69, 9.17) is 23.7 Å². The molecule has 0 amide bonds. The van der Waals surface area contributed by atoms with Crippen LogP contribution >= 0.6 is 0 Å². The lowest BCUT2D eigenvalue weighted by Gasteiger charge is -2.21. The van der Waals surface area contributed by atoms with Crippen LogP contribution in [0.1, 0.15) is 31.1 Å². The fraction of sp³-hybridized carbons (Fsp3) is 0.400. The molecule has 0 radical (unpaired) electrons. The van der Waals surface area contributed by atoms with Crippen LogP contribution in [-0.4, -0.2) is 39.1 Å². The Morgan fingerprint density at radius 2 is 1.00 bits per heavy atom. The predicted molar refractivity (Wildman–Crippen MR) is 78.7 cm³/mol. The molecule has 0 saturated heterocycles. The van der Waals surface area contributed by atoms with Crippen LogP contribution in [0, 0.1) is 0 Å². The van der Waals surface area contributed by atoms with Crippen LogP contribution < -0.4 is 23.7 Å². The fourth-order valence-corrected chi connectivity index (χ4v) is 2.00. The van der Waals surface area contributed by atoms with E-state index in [1.807, 2.05) is 0 Å². The molecule has 1 aromatic rings. The molecular formula is C15H18O8. The molecule has 8 nitrogen and oxygen atoms in total. The zero-order chi connectivity index (χ0) is 17.7. The summed E-state index contributed by atoms with van der Waals surface area (Å²) >= 11 is 0. The summed E-state index contributed by atoms with van der Waals surface area (Å²) in [4.78, 5) is 34.7. The van der Waals surface area contributed by atoms with Gasteiger partial charge in [0.25, 0.3) is 0 Å². The zero-order valence-electron chi connectivity index (χ0n) is 13.8. The number of Topliss-reactive ketones (excluding diaryl/α,β-unsaturated/α-hetero) is 1. The number of benzene rings is 1. The van der Waals surface area contributed by atoms with E-state index in [-0.39, 0.29) is 34.3 Å². The van der Waals surface area contributed by atoms with Gasteiger partial charge in [-0.1, -0.05) is 0 Å². The Labute approximate surface area is 133 Å². The first-order valence-corrected chi connectivity index (χ1v) is 6.52. The first-order chi connectivity index (χ1) is 10.8. The summed E-state index contributed by atoms with van der Waals surface area (Å²) < 4.78 is 25.7. The average molecular weight is 326 g/mol. The Morgan fingerprint density at radius 1 is 0.609 bits per heavy atom. The zero-order valence-corrected chi connectivity index (χ0v) is 13.8. The van der Waals surface area contributed by atoms with Gasteiger partial charge in [-0.2, -0.15) is 0 Å². The van der Waals surface area contributed by atoms with E-state index in [0.717, 1.165) is 6.92 Å². The molecule has 0 N–H and O–H groups in total. The molecule has 0 aliphatic heterocycles. The van der Waals surface area contributed by atoms with Gasteiger partial charge in [0.1, 0.15) is 5.56 Å². The molecule has 0 spiro atoms. The van der Waals surface area contributed by atoms with E-state index in [2.05, 4.69) is 0 Å². The summed E-state index contributed by atoms with van der Waals surface area (Å²) in [6, 6.07) is 0. The molecule has 0 heterocycles. The lowest BCUT2D eigenvalue weighted by atomic mass is 10.1. The van der Waals surface area contributed by atoms with Crippen LogP contribution in [0.25, 0.3) is 0 Å². The van der Waals surface area contributed by atoms with Gasteiger partial charge in [0.15, 0.2) is 17.3 Å². The maximum atomic E-state index is 12.0. The van der Waals surface area contributed by atoms with Gasteiger partial charge < -0.3 is 23.7 Å². The largest absolute Gasteiger partial charge is 0.492 e. The van der Waals surface area contributed by atoms with Crippen molar-refractivity contribution in [3.63, 3.8) is 0 Å². The van der Waals surface area contributed by atoms with Crippen molar-refractivity contribution in [1.82, 2.24) is 0 Å². The molecule has 0 saturated carbocycles. The number of hydrogen-bond acceptors (Lipinski definition) is 8. The van der Waals surface area contributed by atoms with Gasteiger partial charge in [0.2, 0.25) is 17.2 Å². The molecule has 1 rings (SSSR count). The van der Waals surface area contributed by atoms with E-state index in [1.54, 1.807) is 0 Å². The summed E-state index contributed by atoms with van der Waals surface area (Å²) in [6.07, 6.45) is 0. The van der Waals surface area contributed by atoms with Gasteiger partial charge in [-0.25, -0.2) is 0 Å². The van der Waals surface area contributed by atoms with Crippen molar-refractivity contribution in [3.05, 3.63) is 5.56 Å². The van der Waals surface area contributed by atoms with Crippen LogP contribution in [0.3, 0.4) is 0 Å². The summed E-state index contributed by atoms with van der Waals surface area (Å²) in [5.74, 6) is -2.35. The fourth-order valence-electron chi connectivity index (χ4n) is 2.00. The van der Waals surface area contributed by atoms with E-state index >= 15 is 0 Å². The maximum absolute atomic E-state index is 12.0. The molecule has 0 bridgehead atoms. The van der Waals surface area contributed by atoms with Crippen molar-refractivity contribution in [2.24, 2.45) is 0 Å². The van der Waals surface area contributed by atoms with E-state index in [1.165, 1.54) is 35.2 Å². The second-order valence-electron chi connectivity index (χ2n) is 4.38. The molecule has 23 heavy (non-hydrogen) atoms. The topological polar surface area (TPSA) is 97.4 Å². The number of methoxy groups -OCH3 is 3.